The fourth-order valence-corrected chi connectivity index (χ4v) is 4.64. The maximum Gasteiger partial charge on any atom is 0.266 e. The molecule has 1 amide bonds. The molecule has 33 heavy (non-hydrogen) atoms. The quantitative estimate of drug-likeness (QED) is 0.451. The lowest BCUT2D eigenvalue weighted by Gasteiger charge is -2.29. The number of para-hydroxylation sites is 2. The lowest BCUT2D eigenvalue weighted by Crippen LogP contribution is -2.36. The van der Waals surface area contributed by atoms with Gasteiger partial charge >= 0.3 is 0 Å². The highest BCUT2D eigenvalue weighted by atomic mass is 16.2. The van der Waals surface area contributed by atoms with Gasteiger partial charge in [-0.3, -0.25) is 14.2 Å². The van der Waals surface area contributed by atoms with E-state index in [2.05, 4.69) is 34.6 Å². The minimum absolute atomic E-state index is 0.0667. The molecule has 176 valence electrons. The van der Waals surface area contributed by atoms with Crippen molar-refractivity contribution < 1.29 is 4.79 Å². The molecule has 0 radical (unpaired) electrons. The molecule has 2 aromatic carbocycles. The summed E-state index contributed by atoms with van der Waals surface area (Å²) < 4.78 is 1.70. The Hall–Kier alpha value is -2.95. The third-order valence-corrected chi connectivity index (χ3v) is 6.25. The van der Waals surface area contributed by atoms with Crippen molar-refractivity contribution in [3.05, 3.63) is 70.3 Å². The molecule has 0 fully saturated rings. The van der Waals surface area contributed by atoms with Crippen LogP contribution in [-0.4, -0.2) is 27.4 Å². The van der Waals surface area contributed by atoms with Crippen LogP contribution in [0.4, 0.5) is 0 Å². The van der Waals surface area contributed by atoms with Crippen molar-refractivity contribution in [2.75, 3.05) is 7.05 Å². The Bertz CT molecular complexity index is 1190. The summed E-state index contributed by atoms with van der Waals surface area (Å²) in [5, 5.41) is 0.576. The van der Waals surface area contributed by atoms with E-state index in [0.717, 1.165) is 24.1 Å². The first kappa shape index (κ1) is 24.7. The molecule has 0 aliphatic carbocycles. The van der Waals surface area contributed by atoms with Gasteiger partial charge in [0.05, 0.1) is 22.6 Å². The Morgan fingerprint density at radius 3 is 2.36 bits per heavy atom. The van der Waals surface area contributed by atoms with Crippen LogP contribution < -0.4 is 5.56 Å². The van der Waals surface area contributed by atoms with Crippen molar-refractivity contribution in [3.8, 4) is 5.69 Å². The minimum Gasteiger partial charge on any atom is -0.336 e. The molecule has 5 heteroatoms. The van der Waals surface area contributed by atoms with Gasteiger partial charge in [0.15, 0.2) is 0 Å². The van der Waals surface area contributed by atoms with E-state index in [9.17, 15) is 9.59 Å². The second-order valence-corrected chi connectivity index (χ2v) is 10.4. The number of benzene rings is 2. The maximum atomic E-state index is 13.7. The average Bonchev–Trinajstić information content (AvgIpc) is 2.76. The zero-order valence-electron chi connectivity index (χ0n) is 21.1. The molecule has 0 aliphatic heterocycles. The van der Waals surface area contributed by atoms with Gasteiger partial charge in [0.2, 0.25) is 5.91 Å². The molecule has 2 atom stereocenters. The summed E-state index contributed by atoms with van der Waals surface area (Å²) in [6.45, 7) is 12.8. The predicted molar refractivity (Wildman–Crippen MR) is 136 cm³/mol. The highest BCUT2D eigenvalue weighted by Gasteiger charge is 2.26. The second kappa shape index (κ2) is 9.90. The highest BCUT2D eigenvalue weighted by Crippen LogP contribution is 2.28. The number of rotatable bonds is 7. The largest absolute Gasteiger partial charge is 0.336 e. The van der Waals surface area contributed by atoms with E-state index in [0.29, 0.717) is 23.1 Å². The molecule has 3 aromatic rings. The van der Waals surface area contributed by atoms with Crippen molar-refractivity contribution in [3.63, 3.8) is 0 Å². The minimum atomic E-state index is -0.360. The van der Waals surface area contributed by atoms with Crippen molar-refractivity contribution in [1.82, 2.24) is 14.5 Å². The second-order valence-electron chi connectivity index (χ2n) is 10.4. The molecule has 0 saturated heterocycles. The van der Waals surface area contributed by atoms with Gasteiger partial charge in [0.1, 0.15) is 5.82 Å². The van der Waals surface area contributed by atoms with E-state index in [4.69, 9.17) is 4.98 Å². The number of hydrogen-bond donors (Lipinski definition) is 0. The van der Waals surface area contributed by atoms with Gasteiger partial charge in [-0.2, -0.15) is 0 Å². The van der Waals surface area contributed by atoms with E-state index in [1.807, 2.05) is 62.5 Å². The highest BCUT2D eigenvalue weighted by molar-refractivity contribution is 5.79. The van der Waals surface area contributed by atoms with Crippen LogP contribution in [0.3, 0.4) is 0 Å². The van der Waals surface area contributed by atoms with Crippen LogP contribution in [0.1, 0.15) is 71.8 Å². The third kappa shape index (κ3) is 5.52. The molecule has 1 aromatic heterocycles. The number of carbonyl (C=O) groups excluding carboxylic acids is 1. The lowest BCUT2D eigenvalue weighted by molar-refractivity contribution is -0.133. The first-order valence-electron chi connectivity index (χ1n) is 11.9. The molecule has 0 spiro atoms. The van der Waals surface area contributed by atoms with Gasteiger partial charge in [-0.15, -0.1) is 0 Å². The monoisotopic (exact) mass is 447 g/mol. The van der Waals surface area contributed by atoms with Gasteiger partial charge in [0, 0.05) is 13.5 Å². The van der Waals surface area contributed by atoms with E-state index < -0.39 is 0 Å². The SMILES string of the molecule is CCc1ccccc1-n1c(C(C)N(C)C(=O)CC(C)CC(C)(C)C)nc2ccccc2c1=O. The summed E-state index contributed by atoms with van der Waals surface area (Å²) in [5.41, 5.74) is 2.61. The number of hydrogen-bond acceptors (Lipinski definition) is 3. The van der Waals surface area contributed by atoms with Crippen molar-refractivity contribution >= 4 is 16.8 Å². The van der Waals surface area contributed by atoms with E-state index >= 15 is 0 Å². The van der Waals surface area contributed by atoms with E-state index in [-0.39, 0.29) is 28.8 Å². The normalized spacial score (nSPS) is 13.7. The van der Waals surface area contributed by atoms with Gasteiger partial charge in [-0.05, 0) is 54.9 Å². The van der Waals surface area contributed by atoms with E-state index in [1.165, 1.54) is 0 Å². The summed E-state index contributed by atoms with van der Waals surface area (Å²) in [7, 11) is 1.81. The summed E-state index contributed by atoms with van der Waals surface area (Å²) >= 11 is 0. The average molecular weight is 448 g/mol. The Labute approximate surface area is 197 Å². The molecular weight excluding hydrogens is 410 g/mol. The fourth-order valence-electron chi connectivity index (χ4n) is 4.64. The maximum absolute atomic E-state index is 13.7. The molecule has 0 bridgehead atoms. The van der Waals surface area contributed by atoms with Crippen LogP contribution in [0.2, 0.25) is 0 Å². The Balaban J connectivity index is 2.08. The topological polar surface area (TPSA) is 55.2 Å². The number of nitrogens with zero attached hydrogens (tertiary/aromatic N) is 3. The molecular formula is C28H37N3O2. The summed E-state index contributed by atoms with van der Waals surface area (Å²) in [4.78, 5) is 33.5. The van der Waals surface area contributed by atoms with Crippen molar-refractivity contribution in [2.45, 2.75) is 66.8 Å². The zero-order valence-corrected chi connectivity index (χ0v) is 21.1. The van der Waals surface area contributed by atoms with Crippen molar-refractivity contribution in [1.29, 1.82) is 0 Å². The van der Waals surface area contributed by atoms with Gasteiger partial charge in [-0.1, -0.05) is 65.0 Å². The van der Waals surface area contributed by atoms with Crippen molar-refractivity contribution in [2.24, 2.45) is 11.3 Å². The predicted octanol–water partition coefficient (Wildman–Crippen LogP) is 5.93. The van der Waals surface area contributed by atoms with Crippen LogP contribution in [0.25, 0.3) is 16.6 Å². The first-order chi connectivity index (χ1) is 15.5. The molecule has 0 saturated carbocycles. The van der Waals surface area contributed by atoms with Gasteiger partial charge < -0.3 is 4.90 Å². The Kier molecular flexibility index (Phi) is 7.41. The first-order valence-corrected chi connectivity index (χ1v) is 11.9. The Morgan fingerprint density at radius 1 is 1.06 bits per heavy atom. The zero-order chi connectivity index (χ0) is 24.3. The van der Waals surface area contributed by atoms with Crippen LogP contribution in [-0.2, 0) is 11.2 Å². The molecule has 0 N–H and O–H groups in total. The van der Waals surface area contributed by atoms with Crippen LogP contribution in [0.15, 0.2) is 53.3 Å². The molecule has 3 rings (SSSR count). The van der Waals surface area contributed by atoms with Gasteiger partial charge in [0.25, 0.3) is 5.56 Å². The molecule has 0 aliphatic rings. The van der Waals surface area contributed by atoms with Crippen LogP contribution in [0, 0.1) is 11.3 Å². The molecule has 5 nitrogen and oxygen atoms in total. The smallest absolute Gasteiger partial charge is 0.266 e. The summed E-state index contributed by atoms with van der Waals surface area (Å²) in [5.74, 6) is 0.927. The van der Waals surface area contributed by atoms with Crippen LogP contribution in [0.5, 0.6) is 0 Å². The number of fused-ring (bicyclic) bond motifs is 1. The molecule has 2 unspecified atom stereocenters. The summed E-state index contributed by atoms with van der Waals surface area (Å²) in [6.07, 6.45) is 2.24. The van der Waals surface area contributed by atoms with Gasteiger partial charge in [-0.25, -0.2) is 4.98 Å². The standard InChI is InChI=1S/C28H37N3O2/c1-8-21-13-9-12-16-24(21)31-26(29-23-15-11-10-14-22(23)27(31)33)20(3)30(7)25(32)17-19(2)18-28(4,5)6/h9-16,19-20H,8,17-18H2,1-7H3. The Morgan fingerprint density at radius 2 is 1.70 bits per heavy atom. The summed E-state index contributed by atoms with van der Waals surface area (Å²) in [6, 6.07) is 15.0. The van der Waals surface area contributed by atoms with Crippen LogP contribution >= 0.6 is 0 Å². The van der Waals surface area contributed by atoms with E-state index in [1.54, 1.807) is 9.47 Å². The fraction of sp³-hybridized carbons (Fsp3) is 0.464. The number of aromatic nitrogens is 2. The number of aryl methyl sites for hydroxylation is 1. The lowest BCUT2D eigenvalue weighted by atomic mass is 9.84. The third-order valence-electron chi connectivity index (χ3n) is 6.25. The number of carbonyl (C=O) groups is 1. The molecule has 1 heterocycles. The number of amides is 1.